The maximum absolute atomic E-state index is 12.2. The number of aromatic nitrogens is 2. The molecular formula is C16H21N3OS. The maximum Gasteiger partial charge on any atom is 0.223 e. The maximum atomic E-state index is 12.2. The molecule has 0 saturated heterocycles. The summed E-state index contributed by atoms with van der Waals surface area (Å²) in [7, 11) is 0. The summed E-state index contributed by atoms with van der Waals surface area (Å²) < 4.78 is 0. The summed E-state index contributed by atoms with van der Waals surface area (Å²) in [4.78, 5) is 20.2. The minimum atomic E-state index is -0.0230. The minimum Gasteiger partial charge on any atom is -0.346 e. The first-order valence-electron chi connectivity index (χ1n) is 7.43. The third-order valence-electron chi connectivity index (χ3n) is 4.11. The Kier molecular flexibility index (Phi) is 4.19. The zero-order valence-electron chi connectivity index (χ0n) is 12.4. The summed E-state index contributed by atoms with van der Waals surface area (Å²) in [6.07, 6.45) is 4.00. The van der Waals surface area contributed by atoms with E-state index < -0.39 is 0 Å². The van der Waals surface area contributed by atoms with Crippen LogP contribution in [0.5, 0.6) is 0 Å². The normalized spacial score (nSPS) is 22.2. The van der Waals surface area contributed by atoms with E-state index in [9.17, 15) is 4.79 Å². The number of nitrogens with one attached hydrogen (secondary N) is 2. The molecule has 1 heterocycles. The van der Waals surface area contributed by atoms with Crippen LogP contribution >= 0.6 is 11.8 Å². The highest BCUT2D eigenvalue weighted by atomic mass is 32.2. The summed E-state index contributed by atoms with van der Waals surface area (Å²) in [5, 5.41) is 3.18. The monoisotopic (exact) mass is 303 g/mol. The quantitative estimate of drug-likeness (QED) is 0.862. The van der Waals surface area contributed by atoms with Crippen LogP contribution in [0.2, 0.25) is 0 Å². The molecule has 0 spiro atoms. The van der Waals surface area contributed by atoms with Gasteiger partial charge in [0.25, 0.3) is 0 Å². The Morgan fingerprint density at radius 3 is 2.95 bits per heavy atom. The fraction of sp³-hybridized carbons (Fsp3) is 0.500. The molecule has 1 aliphatic carbocycles. The molecule has 21 heavy (non-hydrogen) atoms. The highest BCUT2D eigenvalue weighted by Crippen LogP contribution is 2.38. The van der Waals surface area contributed by atoms with Gasteiger partial charge in [0, 0.05) is 5.92 Å². The smallest absolute Gasteiger partial charge is 0.223 e. The molecule has 1 amide bonds. The third-order valence-corrected chi connectivity index (χ3v) is 4.76. The van der Waals surface area contributed by atoms with E-state index in [1.54, 1.807) is 11.8 Å². The van der Waals surface area contributed by atoms with E-state index in [-0.39, 0.29) is 17.9 Å². The SMILES string of the molecule is CSCC[C@H](NC(=O)[C@@H]1C[C@@H]1C)c1nc2ccccc2[nH]1. The molecule has 3 atom stereocenters. The molecule has 1 aromatic heterocycles. The van der Waals surface area contributed by atoms with Crippen molar-refractivity contribution in [1.82, 2.24) is 15.3 Å². The number of carbonyl (C=O) groups excluding carboxylic acids is 1. The molecule has 2 N–H and O–H groups in total. The lowest BCUT2D eigenvalue weighted by Crippen LogP contribution is -2.31. The summed E-state index contributed by atoms with van der Waals surface area (Å²) in [6.45, 7) is 2.13. The van der Waals surface area contributed by atoms with Crippen molar-refractivity contribution in [2.45, 2.75) is 25.8 Å². The molecule has 5 heteroatoms. The molecule has 0 unspecified atom stereocenters. The summed E-state index contributed by atoms with van der Waals surface area (Å²) in [5.74, 6) is 2.77. The largest absolute Gasteiger partial charge is 0.346 e. The van der Waals surface area contributed by atoms with Crippen molar-refractivity contribution in [3.63, 3.8) is 0 Å². The van der Waals surface area contributed by atoms with Gasteiger partial charge in [0.1, 0.15) is 5.82 Å². The van der Waals surface area contributed by atoms with Crippen molar-refractivity contribution in [1.29, 1.82) is 0 Å². The molecule has 1 fully saturated rings. The number of thioether (sulfide) groups is 1. The number of hydrogen-bond acceptors (Lipinski definition) is 3. The Labute approximate surface area is 129 Å². The average Bonchev–Trinajstić information content (AvgIpc) is 3.06. The second-order valence-corrected chi connectivity index (χ2v) is 6.79. The van der Waals surface area contributed by atoms with Crippen LogP contribution in [0.15, 0.2) is 24.3 Å². The first kappa shape index (κ1) is 14.4. The second kappa shape index (κ2) is 6.10. The number of rotatable bonds is 6. The van der Waals surface area contributed by atoms with Gasteiger partial charge >= 0.3 is 0 Å². The lowest BCUT2D eigenvalue weighted by atomic mass is 10.2. The van der Waals surface area contributed by atoms with Gasteiger partial charge in [-0.2, -0.15) is 11.8 Å². The van der Waals surface area contributed by atoms with Gasteiger partial charge in [-0.25, -0.2) is 4.98 Å². The molecule has 1 aliphatic rings. The van der Waals surface area contributed by atoms with Crippen molar-refractivity contribution in [2.24, 2.45) is 11.8 Å². The number of hydrogen-bond donors (Lipinski definition) is 2. The molecule has 112 valence electrons. The van der Waals surface area contributed by atoms with E-state index in [0.717, 1.165) is 35.5 Å². The van der Waals surface area contributed by atoms with Gasteiger partial charge in [-0.05, 0) is 42.9 Å². The number of amides is 1. The van der Waals surface area contributed by atoms with E-state index >= 15 is 0 Å². The fourth-order valence-electron chi connectivity index (χ4n) is 2.62. The summed E-state index contributed by atoms with van der Waals surface area (Å²) in [6, 6.07) is 7.96. The Balaban J connectivity index is 1.78. The van der Waals surface area contributed by atoms with E-state index in [0.29, 0.717) is 5.92 Å². The Morgan fingerprint density at radius 2 is 2.29 bits per heavy atom. The van der Waals surface area contributed by atoms with Gasteiger partial charge in [0.05, 0.1) is 17.1 Å². The third kappa shape index (κ3) is 3.23. The minimum absolute atomic E-state index is 0.0230. The topological polar surface area (TPSA) is 57.8 Å². The van der Waals surface area contributed by atoms with Gasteiger partial charge < -0.3 is 10.3 Å². The molecular weight excluding hydrogens is 282 g/mol. The fourth-order valence-corrected chi connectivity index (χ4v) is 3.09. The predicted molar refractivity (Wildman–Crippen MR) is 87.2 cm³/mol. The predicted octanol–water partition coefficient (Wildman–Crippen LogP) is 3.13. The lowest BCUT2D eigenvalue weighted by Gasteiger charge is -2.16. The number of imidazole rings is 1. The van der Waals surface area contributed by atoms with Gasteiger partial charge in [-0.1, -0.05) is 19.1 Å². The molecule has 1 saturated carbocycles. The number of nitrogens with zero attached hydrogens (tertiary/aromatic N) is 1. The number of benzene rings is 1. The molecule has 1 aromatic carbocycles. The van der Waals surface area contributed by atoms with E-state index in [2.05, 4.69) is 28.5 Å². The van der Waals surface area contributed by atoms with E-state index in [1.165, 1.54) is 0 Å². The van der Waals surface area contributed by atoms with E-state index in [1.807, 2.05) is 24.3 Å². The number of fused-ring (bicyclic) bond motifs is 1. The standard InChI is InChI=1S/C16H21N3OS/c1-10-9-11(10)16(20)19-14(7-8-21-2)15-17-12-5-3-4-6-13(12)18-15/h3-6,10-11,14H,7-9H2,1-2H3,(H,17,18)(H,19,20)/t10-,11+,14-/m0/s1. The molecule has 0 radical (unpaired) electrons. The first-order valence-corrected chi connectivity index (χ1v) is 8.82. The number of para-hydroxylation sites is 2. The number of aromatic amines is 1. The highest BCUT2D eigenvalue weighted by molar-refractivity contribution is 7.98. The van der Waals surface area contributed by atoms with Crippen LogP contribution in [-0.2, 0) is 4.79 Å². The van der Waals surface area contributed by atoms with Crippen molar-refractivity contribution >= 4 is 28.7 Å². The first-order chi connectivity index (χ1) is 10.2. The van der Waals surface area contributed by atoms with E-state index in [4.69, 9.17) is 0 Å². The van der Waals surface area contributed by atoms with Gasteiger partial charge in [0.2, 0.25) is 5.91 Å². The molecule has 4 nitrogen and oxygen atoms in total. The lowest BCUT2D eigenvalue weighted by molar-refractivity contribution is -0.123. The van der Waals surface area contributed by atoms with Crippen LogP contribution in [0.1, 0.15) is 31.6 Å². The highest BCUT2D eigenvalue weighted by Gasteiger charge is 2.40. The van der Waals surface area contributed by atoms with Crippen LogP contribution in [-0.4, -0.2) is 27.9 Å². The summed E-state index contributed by atoms with van der Waals surface area (Å²) >= 11 is 1.79. The van der Waals surface area contributed by atoms with Gasteiger partial charge in [0.15, 0.2) is 0 Å². The van der Waals surface area contributed by atoms with Crippen molar-refractivity contribution in [2.75, 3.05) is 12.0 Å². The Hall–Kier alpha value is -1.49. The summed E-state index contributed by atoms with van der Waals surface area (Å²) in [5.41, 5.74) is 1.98. The van der Waals surface area contributed by atoms with Gasteiger partial charge in [-0.3, -0.25) is 4.79 Å². The molecule has 0 bridgehead atoms. The molecule has 3 rings (SSSR count). The zero-order chi connectivity index (χ0) is 14.8. The van der Waals surface area contributed by atoms with Crippen LogP contribution < -0.4 is 5.32 Å². The van der Waals surface area contributed by atoms with Crippen LogP contribution in [0, 0.1) is 11.8 Å². The number of carbonyl (C=O) groups is 1. The van der Waals surface area contributed by atoms with Crippen LogP contribution in [0.25, 0.3) is 11.0 Å². The molecule has 0 aliphatic heterocycles. The zero-order valence-corrected chi connectivity index (χ0v) is 13.2. The second-order valence-electron chi connectivity index (χ2n) is 5.80. The average molecular weight is 303 g/mol. The van der Waals surface area contributed by atoms with Crippen molar-refractivity contribution in [3.05, 3.63) is 30.1 Å². The Morgan fingerprint density at radius 1 is 1.52 bits per heavy atom. The van der Waals surface area contributed by atoms with Crippen LogP contribution in [0.3, 0.4) is 0 Å². The van der Waals surface area contributed by atoms with Crippen molar-refractivity contribution < 1.29 is 4.79 Å². The van der Waals surface area contributed by atoms with Crippen molar-refractivity contribution in [3.8, 4) is 0 Å². The van der Waals surface area contributed by atoms with Gasteiger partial charge in [-0.15, -0.1) is 0 Å². The van der Waals surface area contributed by atoms with Crippen LogP contribution in [0.4, 0.5) is 0 Å². The number of H-pyrrole nitrogens is 1. The Bertz CT molecular complexity index is 606. The molecule has 2 aromatic rings.